The first-order chi connectivity index (χ1) is 11.5. The molecule has 0 aliphatic carbocycles. The summed E-state index contributed by atoms with van der Waals surface area (Å²) in [5, 5.41) is 3.59. The highest BCUT2D eigenvalue weighted by molar-refractivity contribution is 5.91. The normalized spacial score (nSPS) is 12.0. The molecule has 0 fully saturated rings. The summed E-state index contributed by atoms with van der Waals surface area (Å²) in [4.78, 5) is 9.16. The molecule has 0 amide bonds. The van der Waals surface area contributed by atoms with E-state index in [-0.39, 0.29) is 5.41 Å². The molecule has 2 heterocycles. The van der Waals surface area contributed by atoms with E-state index < -0.39 is 0 Å². The third-order valence-corrected chi connectivity index (χ3v) is 4.46. The van der Waals surface area contributed by atoms with Crippen LogP contribution < -0.4 is 0 Å². The molecule has 4 aromatic rings. The van der Waals surface area contributed by atoms with Crippen molar-refractivity contribution < 1.29 is 0 Å². The van der Waals surface area contributed by atoms with E-state index in [1.54, 1.807) is 0 Å². The quantitative estimate of drug-likeness (QED) is 0.447. The molecule has 0 aliphatic rings. The molecule has 0 unspecified atom stereocenters. The minimum atomic E-state index is 0.0620. The van der Waals surface area contributed by atoms with E-state index in [9.17, 15) is 0 Å². The van der Waals surface area contributed by atoms with Crippen molar-refractivity contribution in [3.8, 4) is 11.3 Å². The van der Waals surface area contributed by atoms with Crippen molar-refractivity contribution in [1.82, 2.24) is 9.97 Å². The molecule has 0 atom stereocenters. The van der Waals surface area contributed by atoms with E-state index in [1.165, 1.54) is 16.3 Å². The zero-order valence-corrected chi connectivity index (χ0v) is 14.2. The fourth-order valence-electron chi connectivity index (χ4n) is 3.20. The van der Waals surface area contributed by atoms with Gasteiger partial charge in [-0.05, 0) is 46.7 Å². The zero-order chi connectivity index (χ0) is 16.7. The van der Waals surface area contributed by atoms with Crippen LogP contribution in [0.4, 0.5) is 0 Å². The van der Waals surface area contributed by atoms with Crippen LogP contribution in [0.1, 0.15) is 26.3 Å². The Labute approximate surface area is 142 Å². The number of fused-ring (bicyclic) bond motifs is 2. The minimum absolute atomic E-state index is 0.0620. The molecule has 2 nitrogen and oxygen atoms in total. The first-order valence-electron chi connectivity index (χ1n) is 8.27. The fraction of sp³-hybridized carbons (Fsp3) is 0.182. The fourth-order valence-corrected chi connectivity index (χ4v) is 3.20. The molecule has 0 radical (unpaired) electrons. The Morgan fingerprint density at radius 2 is 1.67 bits per heavy atom. The van der Waals surface area contributed by atoms with E-state index in [0.29, 0.717) is 0 Å². The zero-order valence-electron chi connectivity index (χ0n) is 14.2. The summed E-state index contributed by atoms with van der Waals surface area (Å²) >= 11 is 0. The van der Waals surface area contributed by atoms with E-state index >= 15 is 0 Å². The topological polar surface area (TPSA) is 25.8 Å². The summed E-state index contributed by atoms with van der Waals surface area (Å²) in [7, 11) is 0. The van der Waals surface area contributed by atoms with Crippen molar-refractivity contribution in [3.63, 3.8) is 0 Å². The van der Waals surface area contributed by atoms with Gasteiger partial charge in [0, 0.05) is 28.7 Å². The van der Waals surface area contributed by atoms with Gasteiger partial charge in [-0.1, -0.05) is 45.0 Å². The summed E-state index contributed by atoms with van der Waals surface area (Å²) in [6.45, 7) is 6.75. The van der Waals surface area contributed by atoms with Crippen LogP contribution in [0, 0.1) is 0 Å². The lowest BCUT2D eigenvalue weighted by Gasteiger charge is -2.22. The minimum Gasteiger partial charge on any atom is -0.264 e. The highest BCUT2D eigenvalue weighted by atomic mass is 14.7. The molecule has 0 spiro atoms. The number of para-hydroxylation sites is 1. The maximum absolute atomic E-state index is 4.86. The Morgan fingerprint density at radius 3 is 2.50 bits per heavy atom. The lowest BCUT2D eigenvalue weighted by atomic mass is 9.82. The third-order valence-electron chi connectivity index (χ3n) is 4.46. The van der Waals surface area contributed by atoms with Crippen LogP contribution in [0.5, 0.6) is 0 Å². The van der Waals surface area contributed by atoms with Gasteiger partial charge in [0.25, 0.3) is 0 Å². The first-order valence-corrected chi connectivity index (χ1v) is 8.27. The highest BCUT2D eigenvalue weighted by Crippen LogP contribution is 2.34. The standard InChI is InChI=1S/C22H20N2/c1-22(2,3)19-13-16(12-17-14-23-11-10-18(17)19)21-9-8-15-6-4-5-7-20(15)24-21/h4-14H,1-3H3. The molecule has 24 heavy (non-hydrogen) atoms. The van der Waals surface area contributed by atoms with Gasteiger partial charge < -0.3 is 0 Å². The van der Waals surface area contributed by atoms with Gasteiger partial charge in [-0.15, -0.1) is 0 Å². The van der Waals surface area contributed by atoms with Crippen molar-refractivity contribution in [2.75, 3.05) is 0 Å². The molecule has 2 heteroatoms. The van der Waals surface area contributed by atoms with Crippen molar-refractivity contribution in [2.45, 2.75) is 26.2 Å². The molecule has 4 rings (SSSR count). The van der Waals surface area contributed by atoms with Crippen LogP contribution in [-0.4, -0.2) is 9.97 Å². The van der Waals surface area contributed by atoms with Crippen LogP contribution in [0.25, 0.3) is 32.9 Å². The van der Waals surface area contributed by atoms with Crippen LogP contribution in [0.15, 0.2) is 67.0 Å². The number of rotatable bonds is 1. The maximum atomic E-state index is 4.86. The molecule has 2 aromatic heterocycles. The van der Waals surface area contributed by atoms with Crippen LogP contribution in [0.3, 0.4) is 0 Å². The lowest BCUT2D eigenvalue weighted by Crippen LogP contribution is -2.12. The Kier molecular flexibility index (Phi) is 3.34. The predicted octanol–water partition coefficient (Wildman–Crippen LogP) is 5.75. The van der Waals surface area contributed by atoms with E-state index in [2.05, 4.69) is 68.2 Å². The number of hydrogen-bond acceptors (Lipinski definition) is 2. The van der Waals surface area contributed by atoms with Gasteiger partial charge in [0.05, 0.1) is 11.2 Å². The maximum Gasteiger partial charge on any atom is 0.0710 e. The third kappa shape index (κ3) is 2.54. The summed E-state index contributed by atoms with van der Waals surface area (Å²) in [5.41, 5.74) is 4.56. The second kappa shape index (κ2) is 5.41. The van der Waals surface area contributed by atoms with Gasteiger partial charge in [0.2, 0.25) is 0 Å². The van der Waals surface area contributed by atoms with Crippen molar-refractivity contribution >= 4 is 21.7 Å². The Morgan fingerprint density at radius 1 is 0.833 bits per heavy atom. The molecule has 0 N–H and O–H groups in total. The largest absolute Gasteiger partial charge is 0.264 e. The summed E-state index contributed by atoms with van der Waals surface area (Å²) in [6.07, 6.45) is 3.81. The van der Waals surface area contributed by atoms with Crippen molar-refractivity contribution in [3.05, 3.63) is 72.6 Å². The van der Waals surface area contributed by atoms with Crippen molar-refractivity contribution in [1.29, 1.82) is 0 Å². The summed E-state index contributed by atoms with van der Waals surface area (Å²) in [6, 6.07) is 19.0. The Bertz CT molecular complexity index is 1040. The lowest BCUT2D eigenvalue weighted by molar-refractivity contribution is 0.596. The van der Waals surface area contributed by atoms with Gasteiger partial charge in [-0.3, -0.25) is 4.98 Å². The average molecular weight is 312 g/mol. The molecule has 118 valence electrons. The molecule has 0 saturated heterocycles. The van der Waals surface area contributed by atoms with Crippen LogP contribution >= 0.6 is 0 Å². The molecular weight excluding hydrogens is 292 g/mol. The number of hydrogen-bond donors (Lipinski definition) is 0. The average Bonchev–Trinajstić information content (AvgIpc) is 2.59. The summed E-state index contributed by atoms with van der Waals surface area (Å²) in [5.74, 6) is 0. The number of pyridine rings is 2. The first kappa shape index (κ1) is 14.8. The summed E-state index contributed by atoms with van der Waals surface area (Å²) < 4.78 is 0. The second-order valence-electron chi connectivity index (χ2n) is 7.26. The predicted molar refractivity (Wildman–Crippen MR) is 101 cm³/mol. The Hall–Kier alpha value is -2.74. The van der Waals surface area contributed by atoms with Gasteiger partial charge in [0.1, 0.15) is 0 Å². The highest BCUT2D eigenvalue weighted by Gasteiger charge is 2.18. The smallest absolute Gasteiger partial charge is 0.0710 e. The number of nitrogens with zero attached hydrogens (tertiary/aromatic N) is 2. The molecule has 2 aromatic carbocycles. The van der Waals surface area contributed by atoms with Gasteiger partial charge in [-0.25, -0.2) is 4.98 Å². The van der Waals surface area contributed by atoms with E-state index in [0.717, 1.165) is 22.2 Å². The van der Waals surface area contributed by atoms with Crippen LogP contribution in [0.2, 0.25) is 0 Å². The molecule has 0 saturated carbocycles. The van der Waals surface area contributed by atoms with Gasteiger partial charge in [0.15, 0.2) is 0 Å². The van der Waals surface area contributed by atoms with E-state index in [1.807, 2.05) is 24.5 Å². The molecular formula is C22H20N2. The second-order valence-corrected chi connectivity index (χ2v) is 7.26. The molecule has 0 bridgehead atoms. The number of aromatic nitrogens is 2. The Balaban J connectivity index is 1.98. The van der Waals surface area contributed by atoms with Gasteiger partial charge >= 0.3 is 0 Å². The number of benzene rings is 2. The van der Waals surface area contributed by atoms with E-state index in [4.69, 9.17) is 4.98 Å². The van der Waals surface area contributed by atoms with Gasteiger partial charge in [-0.2, -0.15) is 0 Å². The SMILES string of the molecule is CC(C)(C)c1cc(-c2ccc3ccccc3n2)cc2cnccc12. The van der Waals surface area contributed by atoms with Crippen molar-refractivity contribution in [2.24, 2.45) is 0 Å². The monoisotopic (exact) mass is 312 g/mol. The molecule has 0 aliphatic heterocycles. The van der Waals surface area contributed by atoms with Crippen LogP contribution in [-0.2, 0) is 5.41 Å².